The molecule has 1 amide bonds. The normalized spacial score (nSPS) is 29.8. The first-order chi connectivity index (χ1) is 8.25. The molecule has 0 aromatic heterocycles. The van der Waals surface area contributed by atoms with Crippen LogP contribution in [-0.4, -0.2) is 11.6 Å². The Labute approximate surface area is 104 Å². The molecular weight excluding hydrogens is 212 g/mol. The van der Waals surface area contributed by atoms with E-state index in [2.05, 4.69) is 17.5 Å². The van der Waals surface area contributed by atoms with Crippen LogP contribution >= 0.6 is 0 Å². The van der Waals surface area contributed by atoms with Gasteiger partial charge in [0, 0.05) is 11.6 Å². The molecule has 2 aliphatic carbocycles. The van der Waals surface area contributed by atoms with E-state index in [0.29, 0.717) is 5.92 Å². The summed E-state index contributed by atoms with van der Waals surface area (Å²) in [5.41, 5.74) is 3.98. The summed E-state index contributed by atoms with van der Waals surface area (Å²) < 4.78 is 0. The van der Waals surface area contributed by atoms with Crippen molar-refractivity contribution in [2.75, 3.05) is 0 Å². The van der Waals surface area contributed by atoms with Gasteiger partial charge < -0.3 is 0 Å². The van der Waals surface area contributed by atoms with Crippen LogP contribution in [0, 0.1) is 11.8 Å². The number of rotatable bonds is 2. The van der Waals surface area contributed by atoms with Gasteiger partial charge in [-0.15, -0.1) is 0 Å². The van der Waals surface area contributed by atoms with Gasteiger partial charge in [-0.25, -0.2) is 5.43 Å². The highest BCUT2D eigenvalue weighted by atomic mass is 16.2. The summed E-state index contributed by atoms with van der Waals surface area (Å²) >= 11 is 0. The van der Waals surface area contributed by atoms with E-state index in [0.717, 1.165) is 25.7 Å². The van der Waals surface area contributed by atoms with E-state index >= 15 is 0 Å². The molecule has 2 rings (SSSR count). The molecule has 2 unspecified atom stereocenters. The Kier molecular flexibility index (Phi) is 4.57. The zero-order valence-electron chi connectivity index (χ0n) is 10.9. The van der Waals surface area contributed by atoms with E-state index in [1.165, 1.54) is 37.8 Å². The van der Waals surface area contributed by atoms with E-state index in [1.54, 1.807) is 0 Å². The minimum Gasteiger partial charge on any atom is -0.273 e. The summed E-state index contributed by atoms with van der Waals surface area (Å²) in [6.45, 7) is 2.24. The highest BCUT2D eigenvalue weighted by Crippen LogP contribution is 2.28. The van der Waals surface area contributed by atoms with Gasteiger partial charge in [-0.3, -0.25) is 4.79 Å². The van der Waals surface area contributed by atoms with E-state index in [9.17, 15) is 4.79 Å². The number of hydrazone groups is 1. The lowest BCUT2D eigenvalue weighted by Crippen LogP contribution is -2.31. The summed E-state index contributed by atoms with van der Waals surface area (Å²) in [7, 11) is 0. The van der Waals surface area contributed by atoms with Crippen LogP contribution in [0.2, 0.25) is 0 Å². The second kappa shape index (κ2) is 6.18. The molecule has 0 saturated heterocycles. The van der Waals surface area contributed by atoms with Crippen LogP contribution < -0.4 is 5.43 Å². The molecule has 0 heterocycles. The predicted molar refractivity (Wildman–Crippen MR) is 69.8 cm³/mol. The topological polar surface area (TPSA) is 41.5 Å². The molecule has 0 bridgehead atoms. The van der Waals surface area contributed by atoms with Crippen molar-refractivity contribution in [2.24, 2.45) is 16.9 Å². The van der Waals surface area contributed by atoms with Crippen LogP contribution in [0.25, 0.3) is 0 Å². The lowest BCUT2D eigenvalue weighted by atomic mass is 9.82. The van der Waals surface area contributed by atoms with Crippen molar-refractivity contribution in [1.82, 2.24) is 5.43 Å². The molecule has 0 aromatic rings. The Morgan fingerprint density at radius 1 is 1.18 bits per heavy atom. The van der Waals surface area contributed by atoms with Crippen LogP contribution in [0.4, 0.5) is 0 Å². The lowest BCUT2D eigenvalue weighted by Gasteiger charge is -2.25. The van der Waals surface area contributed by atoms with Crippen molar-refractivity contribution in [3.63, 3.8) is 0 Å². The first-order valence-electron chi connectivity index (χ1n) is 7.11. The maximum Gasteiger partial charge on any atom is 0.243 e. The Bertz CT molecular complexity index is 291. The van der Waals surface area contributed by atoms with Gasteiger partial charge in [0.2, 0.25) is 5.91 Å². The molecule has 2 atom stereocenters. The van der Waals surface area contributed by atoms with Crippen molar-refractivity contribution < 1.29 is 4.79 Å². The summed E-state index contributed by atoms with van der Waals surface area (Å²) in [4.78, 5) is 12.0. The maximum absolute atomic E-state index is 12.0. The highest BCUT2D eigenvalue weighted by molar-refractivity contribution is 5.87. The fourth-order valence-electron chi connectivity index (χ4n) is 2.97. The summed E-state index contributed by atoms with van der Waals surface area (Å²) in [5, 5.41) is 4.30. The molecule has 0 aromatic carbocycles. The van der Waals surface area contributed by atoms with Crippen LogP contribution in [0.15, 0.2) is 5.10 Å². The smallest absolute Gasteiger partial charge is 0.243 e. The molecule has 3 heteroatoms. The second-order valence-electron chi connectivity index (χ2n) is 5.68. The van der Waals surface area contributed by atoms with Gasteiger partial charge in [0.05, 0.1) is 0 Å². The van der Waals surface area contributed by atoms with E-state index in [1.807, 2.05) is 0 Å². The van der Waals surface area contributed by atoms with E-state index in [4.69, 9.17) is 0 Å². The van der Waals surface area contributed by atoms with Crippen LogP contribution in [0.3, 0.4) is 0 Å². The van der Waals surface area contributed by atoms with Crippen molar-refractivity contribution in [3.8, 4) is 0 Å². The quantitative estimate of drug-likeness (QED) is 0.735. The fourth-order valence-corrected chi connectivity index (χ4v) is 2.97. The molecule has 3 nitrogen and oxygen atoms in total. The molecule has 96 valence electrons. The Morgan fingerprint density at radius 3 is 2.65 bits per heavy atom. The number of carbonyl (C=O) groups excluding carboxylic acids is 1. The maximum atomic E-state index is 12.0. The highest BCUT2D eigenvalue weighted by Gasteiger charge is 2.24. The Hall–Kier alpha value is -0.860. The van der Waals surface area contributed by atoms with E-state index in [-0.39, 0.29) is 11.8 Å². The molecule has 1 N–H and O–H groups in total. The molecule has 0 spiro atoms. The van der Waals surface area contributed by atoms with Crippen molar-refractivity contribution in [2.45, 2.75) is 64.7 Å². The first-order valence-corrected chi connectivity index (χ1v) is 7.11. The van der Waals surface area contributed by atoms with Crippen LogP contribution in [-0.2, 0) is 4.79 Å². The van der Waals surface area contributed by atoms with E-state index < -0.39 is 0 Å². The van der Waals surface area contributed by atoms with Gasteiger partial charge in [0.1, 0.15) is 0 Å². The van der Waals surface area contributed by atoms with Crippen LogP contribution in [0.5, 0.6) is 0 Å². The number of amides is 1. The van der Waals surface area contributed by atoms with Gasteiger partial charge in [0.25, 0.3) is 0 Å². The van der Waals surface area contributed by atoms with Gasteiger partial charge in [-0.05, 0) is 44.4 Å². The molecule has 2 saturated carbocycles. The summed E-state index contributed by atoms with van der Waals surface area (Å²) in [6, 6.07) is 0. The van der Waals surface area contributed by atoms with Crippen molar-refractivity contribution in [3.05, 3.63) is 0 Å². The molecule has 2 aliphatic rings. The SMILES string of the molecule is CC1CCCC(C(=O)NN=C2CCCCC2)C1. The molecule has 0 radical (unpaired) electrons. The van der Waals surface area contributed by atoms with Crippen LogP contribution in [0.1, 0.15) is 64.7 Å². The number of nitrogens with one attached hydrogen (secondary N) is 1. The molecule has 0 aliphatic heterocycles. The first kappa shape index (κ1) is 12.6. The third-order valence-corrected chi connectivity index (χ3v) is 4.06. The number of hydrogen-bond acceptors (Lipinski definition) is 2. The fraction of sp³-hybridized carbons (Fsp3) is 0.857. The zero-order valence-corrected chi connectivity index (χ0v) is 10.9. The zero-order chi connectivity index (χ0) is 12.1. The average molecular weight is 236 g/mol. The van der Waals surface area contributed by atoms with Gasteiger partial charge in [-0.2, -0.15) is 5.10 Å². The third-order valence-electron chi connectivity index (χ3n) is 4.06. The number of nitrogens with zero attached hydrogens (tertiary/aromatic N) is 1. The van der Waals surface area contributed by atoms with Gasteiger partial charge >= 0.3 is 0 Å². The van der Waals surface area contributed by atoms with Gasteiger partial charge in [-0.1, -0.05) is 26.2 Å². The second-order valence-corrected chi connectivity index (χ2v) is 5.68. The van der Waals surface area contributed by atoms with Crippen molar-refractivity contribution in [1.29, 1.82) is 0 Å². The summed E-state index contributed by atoms with van der Waals surface area (Å²) in [5.74, 6) is 1.04. The molecular formula is C14H24N2O. The number of hydrogen-bond donors (Lipinski definition) is 1. The molecule has 2 fully saturated rings. The largest absolute Gasteiger partial charge is 0.273 e. The minimum absolute atomic E-state index is 0.148. The Balaban J connectivity index is 1.79. The average Bonchev–Trinajstić information content (AvgIpc) is 2.37. The summed E-state index contributed by atoms with van der Waals surface area (Å²) in [6.07, 6.45) is 10.5. The van der Waals surface area contributed by atoms with Crippen molar-refractivity contribution >= 4 is 11.6 Å². The monoisotopic (exact) mass is 236 g/mol. The number of carbonyl (C=O) groups is 1. The predicted octanol–water partition coefficient (Wildman–Crippen LogP) is 3.25. The Morgan fingerprint density at radius 2 is 1.94 bits per heavy atom. The molecule has 17 heavy (non-hydrogen) atoms. The standard InChI is InChI=1S/C14H24N2O/c1-11-6-5-7-12(10-11)14(17)16-15-13-8-3-2-4-9-13/h11-12H,2-10H2,1H3,(H,16,17). The third kappa shape index (κ3) is 3.83. The lowest BCUT2D eigenvalue weighted by molar-refractivity contribution is -0.126. The van der Waals surface area contributed by atoms with Gasteiger partial charge in [0.15, 0.2) is 0 Å². The minimum atomic E-state index is 0.148.